The first-order valence-corrected chi connectivity index (χ1v) is 6.14. The molecule has 2 aliphatic rings. The van der Waals surface area contributed by atoms with E-state index in [4.69, 9.17) is 5.73 Å². The van der Waals surface area contributed by atoms with Crippen molar-refractivity contribution in [2.24, 2.45) is 5.73 Å². The average Bonchev–Trinajstić information content (AvgIpc) is 2.84. The quantitative estimate of drug-likeness (QED) is 0.799. The van der Waals surface area contributed by atoms with E-state index >= 15 is 0 Å². The molecule has 0 bridgehead atoms. The molecule has 2 fully saturated rings. The molecule has 1 aromatic rings. The third-order valence-electron chi connectivity index (χ3n) is 4.03. The Balaban J connectivity index is 1.85. The summed E-state index contributed by atoms with van der Waals surface area (Å²) in [7, 11) is 0. The van der Waals surface area contributed by atoms with Crippen LogP contribution in [0.25, 0.3) is 0 Å². The second-order valence-electron chi connectivity index (χ2n) is 5.37. The molecule has 80 valence electrons. The van der Waals surface area contributed by atoms with Gasteiger partial charge in [0.2, 0.25) is 0 Å². The van der Waals surface area contributed by atoms with Gasteiger partial charge in [0.15, 0.2) is 0 Å². The van der Waals surface area contributed by atoms with Gasteiger partial charge in [-0.25, -0.2) is 0 Å². The number of benzene rings is 1. The van der Waals surface area contributed by atoms with E-state index in [-0.39, 0.29) is 5.54 Å². The fraction of sp³-hybridized carbons (Fsp3) is 0.571. The van der Waals surface area contributed by atoms with Gasteiger partial charge in [-0.1, -0.05) is 30.7 Å². The number of hydrogen-bond acceptors (Lipinski definition) is 1. The summed E-state index contributed by atoms with van der Waals surface area (Å²) in [6.07, 6.45) is 7.70. The van der Waals surface area contributed by atoms with E-state index in [1.807, 2.05) is 0 Å². The molecule has 2 N–H and O–H groups in total. The summed E-state index contributed by atoms with van der Waals surface area (Å²) in [5, 5.41) is 0. The van der Waals surface area contributed by atoms with Gasteiger partial charge in [0.25, 0.3) is 0 Å². The predicted octanol–water partition coefficient (Wildman–Crippen LogP) is 2.99. The largest absolute Gasteiger partial charge is 0.325 e. The van der Waals surface area contributed by atoms with Gasteiger partial charge in [0.1, 0.15) is 0 Å². The highest BCUT2D eigenvalue weighted by Gasteiger charge is 2.38. The Morgan fingerprint density at radius 1 is 1.20 bits per heavy atom. The zero-order valence-corrected chi connectivity index (χ0v) is 9.21. The van der Waals surface area contributed by atoms with E-state index in [1.54, 1.807) is 5.56 Å². The van der Waals surface area contributed by atoms with E-state index in [9.17, 15) is 0 Å². The topological polar surface area (TPSA) is 26.0 Å². The van der Waals surface area contributed by atoms with Crippen molar-refractivity contribution in [3.8, 4) is 0 Å². The monoisotopic (exact) mass is 201 g/mol. The molecule has 0 aromatic heterocycles. The van der Waals surface area contributed by atoms with Crippen LogP contribution in [0.4, 0.5) is 0 Å². The summed E-state index contributed by atoms with van der Waals surface area (Å²) in [5.74, 6) is 0.837. The van der Waals surface area contributed by atoms with Crippen LogP contribution in [0.1, 0.15) is 49.1 Å². The van der Waals surface area contributed by atoms with E-state index < -0.39 is 0 Å². The Labute approximate surface area is 91.7 Å². The van der Waals surface area contributed by atoms with Gasteiger partial charge < -0.3 is 5.73 Å². The van der Waals surface area contributed by atoms with Crippen LogP contribution in [0.15, 0.2) is 24.3 Å². The highest BCUT2D eigenvalue weighted by molar-refractivity contribution is 5.34. The standard InChI is InChI=1S/C14H19N/c15-14(8-9-14)10-12-4-1-2-7-13(12)11-5-3-6-11/h1-2,4,7,11H,3,5-6,8-10,15H2. The van der Waals surface area contributed by atoms with Crippen LogP contribution < -0.4 is 5.73 Å². The molecule has 0 spiro atoms. The van der Waals surface area contributed by atoms with Gasteiger partial charge in [-0.2, -0.15) is 0 Å². The van der Waals surface area contributed by atoms with Gasteiger partial charge in [-0.05, 0) is 49.1 Å². The van der Waals surface area contributed by atoms with Crippen LogP contribution in [0.2, 0.25) is 0 Å². The van der Waals surface area contributed by atoms with Gasteiger partial charge in [-0.15, -0.1) is 0 Å². The Kier molecular flexibility index (Phi) is 2.10. The van der Waals surface area contributed by atoms with Crippen molar-refractivity contribution in [2.75, 3.05) is 0 Å². The van der Waals surface area contributed by atoms with Crippen LogP contribution in [-0.2, 0) is 6.42 Å². The van der Waals surface area contributed by atoms with E-state index in [0.29, 0.717) is 0 Å². The summed E-state index contributed by atoms with van der Waals surface area (Å²) in [4.78, 5) is 0. The molecule has 0 unspecified atom stereocenters. The highest BCUT2D eigenvalue weighted by Crippen LogP contribution is 2.41. The molecule has 3 rings (SSSR count). The molecule has 1 heteroatoms. The van der Waals surface area contributed by atoms with Crippen molar-refractivity contribution in [1.29, 1.82) is 0 Å². The van der Waals surface area contributed by atoms with Crippen molar-refractivity contribution in [3.63, 3.8) is 0 Å². The molecule has 1 nitrogen and oxygen atoms in total. The minimum Gasteiger partial charge on any atom is -0.325 e. The molecule has 0 aliphatic heterocycles. The van der Waals surface area contributed by atoms with Gasteiger partial charge in [0, 0.05) is 5.54 Å². The number of hydrogen-bond donors (Lipinski definition) is 1. The zero-order valence-electron chi connectivity index (χ0n) is 9.21. The lowest BCUT2D eigenvalue weighted by Gasteiger charge is -2.28. The smallest absolute Gasteiger partial charge is 0.0196 e. The summed E-state index contributed by atoms with van der Waals surface area (Å²) < 4.78 is 0. The molecule has 2 aliphatic carbocycles. The zero-order chi connectivity index (χ0) is 10.3. The van der Waals surface area contributed by atoms with Crippen LogP contribution in [0, 0.1) is 0 Å². The van der Waals surface area contributed by atoms with E-state index in [2.05, 4.69) is 24.3 Å². The fourth-order valence-corrected chi connectivity index (χ4v) is 2.53. The van der Waals surface area contributed by atoms with Crippen molar-refractivity contribution in [3.05, 3.63) is 35.4 Å². The van der Waals surface area contributed by atoms with E-state index in [1.165, 1.54) is 37.7 Å². The van der Waals surface area contributed by atoms with Gasteiger partial charge >= 0.3 is 0 Å². The average molecular weight is 201 g/mol. The Morgan fingerprint density at radius 3 is 2.53 bits per heavy atom. The number of nitrogens with two attached hydrogens (primary N) is 1. The second kappa shape index (κ2) is 3.34. The first-order chi connectivity index (χ1) is 7.27. The first-order valence-electron chi connectivity index (χ1n) is 6.14. The van der Waals surface area contributed by atoms with Crippen LogP contribution >= 0.6 is 0 Å². The lowest BCUT2D eigenvalue weighted by atomic mass is 9.77. The summed E-state index contributed by atoms with van der Waals surface area (Å²) in [6, 6.07) is 8.92. The molecule has 0 atom stereocenters. The maximum atomic E-state index is 6.21. The Bertz CT molecular complexity index is 361. The molecular weight excluding hydrogens is 182 g/mol. The Morgan fingerprint density at radius 2 is 1.93 bits per heavy atom. The predicted molar refractivity (Wildman–Crippen MR) is 62.9 cm³/mol. The summed E-state index contributed by atoms with van der Waals surface area (Å²) in [5.41, 5.74) is 9.46. The van der Waals surface area contributed by atoms with Crippen LogP contribution in [0.5, 0.6) is 0 Å². The number of rotatable bonds is 3. The van der Waals surface area contributed by atoms with Crippen molar-refractivity contribution >= 4 is 0 Å². The second-order valence-corrected chi connectivity index (χ2v) is 5.37. The third-order valence-corrected chi connectivity index (χ3v) is 4.03. The molecule has 0 saturated heterocycles. The summed E-state index contributed by atoms with van der Waals surface area (Å²) >= 11 is 0. The Hall–Kier alpha value is -0.820. The fourth-order valence-electron chi connectivity index (χ4n) is 2.53. The molecule has 0 radical (unpaired) electrons. The van der Waals surface area contributed by atoms with Crippen molar-refractivity contribution < 1.29 is 0 Å². The summed E-state index contributed by atoms with van der Waals surface area (Å²) in [6.45, 7) is 0. The lowest BCUT2D eigenvalue weighted by Crippen LogP contribution is -2.25. The molecule has 0 amide bonds. The van der Waals surface area contributed by atoms with Crippen LogP contribution in [0.3, 0.4) is 0 Å². The van der Waals surface area contributed by atoms with E-state index in [0.717, 1.165) is 12.3 Å². The molecule has 1 aromatic carbocycles. The maximum absolute atomic E-state index is 6.21. The molecule has 2 saturated carbocycles. The minimum atomic E-state index is 0.153. The third kappa shape index (κ3) is 1.81. The van der Waals surface area contributed by atoms with Crippen molar-refractivity contribution in [2.45, 2.75) is 50.0 Å². The molecule has 15 heavy (non-hydrogen) atoms. The maximum Gasteiger partial charge on any atom is 0.0196 e. The SMILES string of the molecule is NC1(Cc2ccccc2C2CCC2)CC1. The normalized spacial score (nSPS) is 23.5. The highest BCUT2D eigenvalue weighted by atomic mass is 14.8. The molecular formula is C14H19N. The lowest BCUT2D eigenvalue weighted by molar-refractivity contribution is 0.416. The molecule has 0 heterocycles. The van der Waals surface area contributed by atoms with Crippen LogP contribution in [-0.4, -0.2) is 5.54 Å². The van der Waals surface area contributed by atoms with Gasteiger partial charge in [0.05, 0.1) is 0 Å². The first kappa shape index (κ1) is 9.41. The van der Waals surface area contributed by atoms with Crippen molar-refractivity contribution in [1.82, 2.24) is 0 Å². The minimum absolute atomic E-state index is 0.153. The van der Waals surface area contributed by atoms with Gasteiger partial charge in [-0.3, -0.25) is 0 Å².